The molecule has 5 heteroatoms. The number of nitrogens with zero attached hydrogens (tertiary/aromatic N) is 1. The van der Waals surface area contributed by atoms with E-state index in [9.17, 15) is 4.79 Å². The Morgan fingerprint density at radius 3 is 2.61 bits per heavy atom. The van der Waals surface area contributed by atoms with Crippen LogP contribution in [-0.2, 0) is 4.79 Å². The van der Waals surface area contributed by atoms with Crippen molar-refractivity contribution in [1.82, 2.24) is 10.2 Å². The Morgan fingerprint density at radius 1 is 1.30 bits per heavy atom. The van der Waals surface area contributed by atoms with Gasteiger partial charge in [0.2, 0.25) is 5.91 Å². The molecule has 0 aromatic heterocycles. The molecule has 2 rings (SSSR count). The maximum atomic E-state index is 12.3. The van der Waals surface area contributed by atoms with Crippen LogP contribution < -0.4 is 14.8 Å². The molecular weight excluding hydrogens is 292 g/mol. The molecule has 1 aliphatic heterocycles. The molecule has 0 radical (unpaired) electrons. The van der Waals surface area contributed by atoms with E-state index in [4.69, 9.17) is 9.47 Å². The van der Waals surface area contributed by atoms with Crippen molar-refractivity contribution in [3.63, 3.8) is 0 Å². The number of likely N-dealkylation sites (tertiary alicyclic amines) is 1. The van der Waals surface area contributed by atoms with Crippen LogP contribution in [0, 0.1) is 5.92 Å². The highest BCUT2D eigenvalue weighted by Gasteiger charge is 2.21. The minimum absolute atomic E-state index is 0.0310. The molecule has 0 aliphatic carbocycles. The zero-order valence-corrected chi connectivity index (χ0v) is 14.6. The van der Waals surface area contributed by atoms with E-state index in [1.807, 2.05) is 30.0 Å². The van der Waals surface area contributed by atoms with Crippen LogP contribution in [0.2, 0.25) is 0 Å². The third-order valence-corrected chi connectivity index (χ3v) is 4.60. The second-order valence-corrected chi connectivity index (χ2v) is 6.27. The Hall–Kier alpha value is -1.75. The molecule has 1 aliphatic rings. The minimum Gasteiger partial charge on any atom is -0.497 e. The van der Waals surface area contributed by atoms with Crippen LogP contribution in [0.3, 0.4) is 0 Å². The molecule has 0 spiro atoms. The number of rotatable bonds is 6. The third kappa shape index (κ3) is 4.61. The number of carbonyl (C=O) groups is 1. The van der Waals surface area contributed by atoms with Gasteiger partial charge in [0.1, 0.15) is 11.5 Å². The standard InChI is InChI=1S/C18H28N2O3/c1-13-7-9-20(10-8-13)18(21)12-19-14(2)16-6-5-15(22-3)11-17(16)23-4/h5-6,11,13-14,19H,7-10,12H2,1-4H3. The van der Waals surface area contributed by atoms with Gasteiger partial charge in [-0.05, 0) is 31.7 Å². The molecule has 1 N–H and O–H groups in total. The summed E-state index contributed by atoms with van der Waals surface area (Å²) in [6.45, 7) is 6.39. The SMILES string of the molecule is COc1ccc(C(C)NCC(=O)N2CCC(C)CC2)c(OC)c1. The summed E-state index contributed by atoms with van der Waals surface area (Å²) in [5.41, 5.74) is 1.02. The van der Waals surface area contributed by atoms with E-state index in [0.29, 0.717) is 6.54 Å². The summed E-state index contributed by atoms with van der Waals surface area (Å²) in [5, 5.41) is 3.31. The van der Waals surface area contributed by atoms with Crippen molar-refractivity contribution >= 4 is 5.91 Å². The average molecular weight is 320 g/mol. The maximum absolute atomic E-state index is 12.3. The minimum atomic E-state index is 0.0310. The quantitative estimate of drug-likeness (QED) is 0.875. The van der Waals surface area contributed by atoms with Crippen molar-refractivity contribution in [2.75, 3.05) is 33.9 Å². The van der Waals surface area contributed by atoms with Gasteiger partial charge in [0.05, 0.1) is 20.8 Å². The maximum Gasteiger partial charge on any atom is 0.236 e. The average Bonchev–Trinajstić information content (AvgIpc) is 2.59. The van der Waals surface area contributed by atoms with Gasteiger partial charge in [-0.1, -0.05) is 13.0 Å². The predicted octanol–water partition coefficient (Wildman–Crippen LogP) is 2.61. The first kappa shape index (κ1) is 17.6. The first-order valence-corrected chi connectivity index (χ1v) is 8.28. The van der Waals surface area contributed by atoms with Gasteiger partial charge in [0, 0.05) is 30.8 Å². The molecule has 0 bridgehead atoms. The highest BCUT2D eigenvalue weighted by Crippen LogP contribution is 2.29. The fourth-order valence-corrected chi connectivity index (χ4v) is 2.90. The van der Waals surface area contributed by atoms with Crippen LogP contribution in [0.5, 0.6) is 11.5 Å². The van der Waals surface area contributed by atoms with Crippen LogP contribution in [-0.4, -0.2) is 44.7 Å². The van der Waals surface area contributed by atoms with Crippen molar-refractivity contribution in [2.45, 2.75) is 32.7 Å². The van der Waals surface area contributed by atoms with E-state index in [1.165, 1.54) is 0 Å². The van der Waals surface area contributed by atoms with Gasteiger partial charge in [-0.15, -0.1) is 0 Å². The molecule has 1 aromatic carbocycles. The third-order valence-electron chi connectivity index (χ3n) is 4.60. The highest BCUT2D eigenvalue weighted by atomic mass is 16.5. The summed E-state index contributed by atoms with van der Waals surface area (Å²) in [5.74, 6) is 2.44. The van der Waals surface area contributed by atoms with Gasteiger partial charge in [0.25, 0.3) is 0 Å². The zero-order chi connectivity index (χ0) is 16.8. The number of hydrogen-bond acceptors (Lipinski definition) is 4. The lowest BCUT2D eigenvalue weighted by Gasteiger charge is -2.30. The molecular formula is C18H28N2O3. The number of methoxy groups -OCH3 is 2. The molecule has 1 heterocycles. The second kappa shape index (κ2) is 8.20. The van der Waals surface area contributed by atoms with Crippen LogP contribution in [0.1, 0.15) is 38.3 Å². The molecule has 5 nitrogen and oxygen atoms in total. The molecule has 1 fully saturated rings. The number of nitrogens with one attached hydrogen (secondary N) is 1. The molecule has 1 amide bonds. The summed E-state index contributed by atoms with van der Waals surface area (Å²) in [7, 11) is 3.28. The number of hydrogen-bond donors (Lipinski definition) is 1. The summed E-state index contributed by atoms with van der Waals surface area (Å²) in [6, 6.07) is 5.77. The van der Waals surface area contributed by atoms with Crippen molar-refractivity contribution in [2.24, 2.45) is 5.92 Å². The Bertz CT molecular complexity index is 525. The molecule has 1 unspecified atom stereocenters. The van der Waals surface area contributed by atoms with Gasteiger partial charge in [-0.25, -0.2) is 0 Å². The van der Waals surface area contributed by atoms with Gasteiger partial charge in [-0.2, -0.15) is 0 Å². The normalized spacial score (nSPS) is 17.0. The first-order valence-electron chi connectivity index (χ1n) is 8.28. The van der Waals surface area contributed by atoms with Gasteiger partial charge >= 0.3 is 0 Å². The largest absolute Gasteiger partial charge is 0.497 e. The summed E-state index contributed by atoms with van der Waals surface area (Å²) in [4.78, 5) is 14.3. The summed E-state index contributed by atoms with van der Waals surface area (Å²) in [6.07, 6.45) is 2.21. The number of piperidine rings is 1. The van der Waals surface area contributed by atoms with Crippen LogP contribution in [0.25, 0.3) is 0 Å². The molecule has 23 heavy (non-hydrogen) atoms. The number of ether oxygens (including phenoxy) is 2. The lowest BCUT2D eigenvalue weighted by molar-refractivity contribution is -0.131. The van der Waals surface area contributed by atoms with Crippen molar-refractivity contribution in [3.05, 3.63) is 23.8 Å². The predicted molar refractivity (Wildman–Crippen MR) is 90.9 cm³/mol. The van der Waals surface area contributed by atoms with Crippen molar-refractivity contribution in [1.29, 1.82) is 0 Å². The van der Waals surface area contributed by atoms with E-state index < -0.39 is 0 Å². The van der Waals surface area contributed by atoms with E-state index >= 15 is 0 Å². The molecule has 0 saturated carbocycles. The van der Waals surface area contributed by atoms with Crippen molar-refractivity contribution < 1.29 is 14.3 Å². The smallest absolute Gasteiger partial charge is 0.236 e. The number of carbonyl (C=O) groups excluding carboxylic acids is 1. The molecule has 128 valence electrons. The second-order valence-electron chi connectivity index (χ2n) is 6.27. The van der Waals surface area contributed by atoms with Crippen molar-refractivity contribution in [3.8, 4) is 11.5 Å². The van der Waals surface area contributed by atoms with E-state index in [0.717, 1.165) is 48.9 Å². The monoisotopic (exact) mass is 320 g/mol. The number of amides is 1. The Morgan fingerprint density at radius 2 is 2.00 bits per heavy atom. The first-order chi connectivity index (χ1) is 11.0. The number of benzene rings is 1. The fourth-order valence-electron chi connectivity index (χ4n) is 2.90. The Balaban J connectivity index is 1.91. The van der Waals surface area contributed by atoms with Crippen LogP contribution >= 0.6 is 0 Å². The molecule has 1 saturated heterocycles. The highest BCUT2D eigenvalue weighted by molar-refractivity contribution is 5.78. The van der Waals surface area contributed by atoms with Crippen LogP contribution in [0.15, 0.2) is 18.2 Å². The Kier molecular flexibility index (Phi) is 6.28. The lowest BCUT2D eigenvalue weighted by Crippen LogP contribution is -2.43. The van der Waals surface area contributed by atoms with E-state index in [-0.39, 0.29) is 11.9 Å². The van der Waals surface area contributed by atoms with E-state index in [1.54, 1.807) is 14.2 Å². The van der Waals surface area contributed by atoms with Gasteiger partial charge < -0.3 is 19.7 Å². The summed E-state index contributed by atoms with van der Waals surface area (Å²) >= 11 is 0. The fraction of sp³-hybridized carbons (Fsp3) is 0.611. The van der Waals surface area contributed by atoms with Gasteiger partial charge in [0.15, 0.2) is 0 Å². The summed E-state index contributed by atoms with van der Waals surface area (Å²) < 4.78 is 10.6. The van der Waals surface area contributed by atoms with Gasteiger partial charge in [-0.3, -0.25) is 4.79 Å². The molecule has 1 atom stereocenters. The zero-order valence-electron chi connectivity index (χ0n) is 14.6. The van der Waals surface area contributed by atoms with E-state index in [2.05, 4.69) is 12.2 Å². The lowest BCUT2D eigenvalue weighted by atomic mass is 9.99. The Labute approximate surface area is 139 Å². The van der Waals surface area contributed by atoms with Crippen LogP contribution in [0.4, 0.5) is 0 Å². The topological polar surface area (TPSA) is 50.8 Å². The molecule has 1 aromatic rings.